The van der Waals surface area contributed by atoms with Crippen LogP contribution in [0.5, 0.6) is 5.75 Å². The first-order chi connectivity index (χ1) is 18.6. The van der Waals surface area contributed by atoms with Crippen molar-refractivity contribution in [1.29, 1.82) is 0 Å². The summed E-state index contributed by atoms with van der Waals surface area (Å²) in [5.41, 5.74) is 3.09. The van der Waals surface area contributed by atoms with E-state index in [1.807, 2.05) is 31.2 Å². The van der Waals surface area contributed by atoms with Crippen LogP contribution in [0.2, 0.25) is 15.1 Å². The van der Waals surface area contributed by atoms with E-state index in [9.17, 15) is 13.2 Å². The summed E-state index contributed by atoms with van der Waals surface area (Å²) in [6.45, 7) is 3.97. The molecule has 0 aliphatic carbocycles. The number of carbonyl (C=O) groups is 1. The van der Waals surface area contributed by atoms with E-state index in [0.29, 0.717) is 41.1 Å². The molecular formula is C28H28Cl3N3O4S. The standard InChI is InChI=1S/C28H28Cl3N3O4S/c1-18-27-19(14-22(30)17-24(27)31)8-9-34(18)28(35)20-6-7-25(38-2)26(15-20)39(36,37)33-12-10-32(11-13-33)23-5-3-4-21(29)16-23/h3-7,14-18H,8-13H2,1-2H3. The Morgan fingerprint density at radius 1 is 0.923 bits per heavy atom. The fraction of sp³-hybridized carbons (Fsp3) is 0.321. The first kappa shape index (κ1) is 28.1. The molecule has 1 atom stereocenters. The molecule has 0 bridgehead atoms. The van der Waals surface area contributed by atoms with E-state index in [1.54, 1.807) is 23.1 Å². The highest BCUT2D eigenvalue weighted by Crippen LogP contribution is 2.38. The highest BCUT2D eigenvalue weighted by atomic mass is 35.5. The van der Waals surface area contributed by atoms with E-state index in [1.165, 1.54) is 23.5 Å². The number of carbonyl (C=O) groups excluding carboxylic acids is 1. The SMILES string of the molecule is COc1ccc(C(=O)N2CCc3cc(Cl)cc(Cl)c3C2C)cc1S(=O)(=O)N1CCN(c2cccc(Cl)c2)CC1. The van der Waals surface area contributed by atoms with Crippen LogP contribution in [-0.4, -0.2) is 63.4 Å². The molecule has 3 aromatic rings. The second kappa shape index (κ2) is 11.2. The maximum Gasteiger partial charge on any atom is 0.254 e. The molecule has 2 aliphatic rings. The van der Waals surface area contributed by atoms with Crippen molar-refractivity contribution in [2.45, 2.75) is 24.3 Å². The lowest BCUT2D eigenvalue weighted by atomic mass is 9.93. The molecule has 206 valence electrons. The van der Waals surface area contributed by atoms with Crippen LogP contribution >= 0.6 is 34.8 Å². The number of hydrogen-bond donors (Lipinski definition) is 0. The van der Waals surface area contributed by atoms with Gasteiger partial charge in [-0.1, -0.05) is 40.9 Å². The number of rotatable bonds is 5. The zero-order valence-electron chi connectivity index (χ0n) is 21.5. The Labute approximate surface area is 243 Å². The van der Waals surface area contributed by atoms with E-state index in [0.717, 1.165) is 16.8 Å². The Kier molecular flexibility index (Phi) is 8.04. The number of hydrogen-bond acceptors (Lipinski definition) is 5. The molecule has 0 saturated carbocycles. The number of ether oxygens (including phenoxy) is 1. The summed E-state index contributed by atoms with van der Waals surface area (Å²) >= 11 is 18.8. The van der Waals surface area contributed by atoms with Crippen molar-refractivity contribution in [2.75, 3.05) is 44.7 Å². The van der Waals surface area contributed by atoms with Crippen LogP contribution in [0.4, 0.5) is 5.69 Å². The minimum Gasteiger partial charge on any atom is -0.495 e. The lowest BCUT2D eigenvalue weighted by Crippen LogP contribution is -2.48. The summed E-state index contributed by atoms with van der Waals surface area (Å²) in [4.78, 5) is 17.5. The van der Waals surface area contributed by atoms with Crippen LogP contribution in [0.25, 0.3) is 0 Å². The molecule has 0 aromatic heterocycles. The van der Waals surface area contributed by atoms with Gasteiger partial charge in [-0.25, -0.2) is 8.42 Å². The summed E-state index contributed by atoms with van der Waals surface area (Å²) in [7, 11) is -2.51. The average Bonchev–Trinajstić information content (AvgIpc) is 2.92. The van der Waals surface area contributed by atoms with Crippen LogP contribution in [0.15, 0.2) is 59.5 Å². The Morgan fingerprint density at radius 2 is 1.67 bits per heavy atom. The predicted octanol–water partition coefficient (Wildman–Crippen LogP) is 5.93. The third kappa shape index (κ3) is 5.45. The van der Waals surface area contributed by atoms with E-state index >= 15 is 0 Å². The van der Waals surface area contributed by atoms with Crippen molar-refractivity contribution >= 4 is 56.4 Å². The number of sulfonamides is 1. The second-order valence-corrected chi connectivity index (χ2v) is 12.8. The first-order valence-corrected chi connectivity index (χ1v) is 15.1. The zero-order valence-corrected chi connectivity index (χ0v) is 24.6. The number of benzene rings is 3. The molecule has 7 nitrogen and oxygen atoms in total. The molecule has 1 unspecified atom stereocenters. The van der Waals surface area contributed by atoms with Crippen LogP contribution in [-0.2, 0) is 16.4 Å². The van der Waals surface area contributed by atoms with Gasteiger partial charge in [-0.15, -0.1) is 0 Å². The van der Waals surface area contributed by atoms with Gasteiger partial charge in [-0.2, -0.15) is 4.31 Å². The number of nitrogens with zero attached hydrogens (tertiary/aromatic N) is 3. The molecule has 11 heteroatoms. The molecule has 0 radical (unpaired) electrons. The van der Waals surface area contributed by atoms with Crippen LogP contribution in [0, 0.1) is 0 Å². The summed E-state index contributed by atoms with van der Waals surface area (Å²) in [6, 6.07) is 15.3. The molecule has 1 saturated heterocycles. The van der Waals surface area contributed by atoms with E-state index < -0.39 is 10.0 Å². The van der Waals surface area contributed by atoms with Gasteiger partial charge in [-0.05, 0) is 73.0 Å². The molecule has 0 spiro atoms. The molecular weight excluding hydrogens is 581 g/mol. The largest absolute Gasteiger partial charge is 0.495 e. The van der Waals surface area contributed by atoms with Gasteiger partial charge in [0, 0.05) is 59.0 Å². The van der Waals surface area contributed by atoms with Gasteiger partial charge in [0.25, 0.3) is 5.91 Å². The normalized spacial score (nSPS) is 18.1. The lowest BCUT2D eigenvalue weighted by molar-refractivity contribution is 0.0677. The Balaban J connectivity index is 1.39. The second-order valence-electron chi connectivity index (χ2n) is 9.62. The number of halogens is 3. The van der Waals surface area contributed by atoms with E-state index in [4.69, 9.17) is 39.5 Å². The molecule has 2 heterocycles. The average molecular weight is 609 g/mol. The Hall–Kier alpha value is -2.49. The molecule has 2 aliphatic heterocycles. The van der Waals surface area contributed by atoms with Crippen molar-refractivity contribution in [3.63, 3.8) is 0 Å². The zero-order chi connectivity index (χ0) is 27.9. The van der Waals surface area contributed by atoms with Crippen molar-refractivity contribution in [3.05, 3.63) is 86.4 Å². The summed E-state index contributed by atoms with van der Waals surface area (Å²) in [5.74, 6) is -0.0809. The molecule has 5 rings (SSSR count). The Bertz CT molecular complexity index is 1520. The summed E-state index contributed by atoms with van der Waals surface area (Å²) in [6.07, 6.45) is 0.601. The fourth-order valence-electron chi connectivity index (χ4n) is 5.36. The molecule has 0 N–H and O–H groups in total. The highest BCUT2D eigenvalue weighted by Gasteiger charge is 2.34. The lowest BCUT2D eigenvalue weighted by Gasteiger charge is -2.36. The monoisotopic (exact) mass is 607 g/mol. The van der Waals surface area contributed by atoms with Crippen molar-refractivity contribution in [3.8, 4) is 5.75 Å². The highest BCUT2D eigenvalue weighted by molar-refractivity contribution is 7.89. The molecule has 39 heavy (non-hydrogen) atoms. The van der Waals surface area contributed by atoms with Crippen molar-refractivity contribution in [2.24, 2.45) is 0 Å². The minimum absolute atomic E-state index is 0.0260. The minimum atomic E-state index is -3.93. The molecule has 1 fully saturated rings. The molecule has 3 aromatic carbocycles. The fourth-order valence-corrected chi connectivity index (χ4v) is 7.84. The van der Waals surface area contributed by atoms with E-state index in [-0.39, 0.29) is 41.2 Å². The third-order valence-electron chi connectivity index (χ3n) is 7.39. The van der Waals surface area contributed by atoms with Gasteiger partial charge < -0.3 is 14.5 Å². The molecule has 1 amide bonds. The van der Waals surface area contributed by atoms with E-state index in [2.05, 4.69) is 4.90 Å². The predicted molar refractivity (Wildman–Crippen MR) is 155 cm³/mol. The maximum absolute atomic E-state index is 13.8. The first-order valence-electron chi connectivity index (χ1n) is 12.6. The van der Waals surface area contributed by atoms with Crippen LogP contribution in [0.1, 0.15) is 34.5 Å². The number of amides is 1. The van der Waals surface area contributed by atoms with Gasteiger partial charge in [-0.3, -0.25) is 4.79 Å². The van der Waals surface area contributed by atoms with Crippen molar-refractivity contribution in [1.82, 2.24) is 9.21 Å². The third-order valence-corrected chi connectivity index (χ3v) is 10.1. The van der Waals surface area contributed by atoms with Gasteiger partial charge in [0.1, 0.15) is 10.6 Å². The Morgan fingerprint density at radius 3 is 2.36 bits per heavy atom. The van der Waals surface area contributed by atoms with Crippen LogP contribution in [0.3, 0.4) is 0 Å². The van der Waals surface area contributed by atoms with Gasteiger partial charge in [0.05, 0.1) is 13.2 Å². The smallest absolute Gasteiger partial charge is 0.254 e. The topological polar surface area (TPSA) is 70.2 Å². The van der Waals surface area contributed by atoms with Gasteiger partial charge in [0.2, 0.25) is 10.0 Å². The van der Waals surface area contributed by atoms with Gasteiger partial charge in [0.15, 0.2) is 0 Å². The number of methoxy groups -OCH3 is 1. The van der Waals surface area contributed by atoms with Gasteiger partial charge >= 0.3 is 0 Å². The summed E-state index contributed by atoms with van der Waals surface area (Å²) < 4.78 is 34.4. The quantitative estimate of drug-likeness (QED) is 0.359. The summed E-state index contributed by atoms with van der Waals surface area (Å²) in [5, 5.41) is 1.70. The van der Waals surface area contributed by atoms with Crippen LogP contribution < -0.4 is 9.64 Å². The van der Waals surface area contributed by atoms with Crippen molar-refractivity contribution < 1.29 is 17.9 Å². The number of fused-ring (bicyclic) bond motifs is 1. The number of anilines is 1. The number of piperazine rings is 1. The maximum atomic E-state index is 13.8.